The molecule has 0 aromatic carbocycles. The molecule has 0 fully saturated rings. The van der Waals surface area contributed by atoms with Crippen LogP contribution in [0.4, 0.5) is 0 Å². The molecule has 0 aliphatic heterocycles. The van der Waals surface area contributed by atoms with E-state index in [1.54, 1.807) is 7.11 Å². The van der Waals surface area contributed by atoms with Gasteiger partial charge in [-0.3, -0.25) is 4.98 Å². The minimum absolute atomic E-state index is 0.391. The van der Waals surface area contributed by atoms with E-state index in [4.69, 9.17) is 4.74 Å². The largest absolute Gasteiger partial charge is 0.495 e. The second-order valence-corrected chi connectivity index (χ2v) is 4.28. The van der Waals surface area contributed by atoms with Crippen LogP contribution in [-0.2, 0) is 6.54 Å². The van der Waals surface area contributed by atoms with Crippen LogP contribution in [0.1, 0.15) is 31.2 Å². The maximum absolute atomic E-state index is 5.29. The molecule has 0 spiro atoms. The number of hydrogen-bond donors (Lipinski definition) is 0. The van der Waals surface area contributed by atoms with Crippen LogP contribution in [0, 0.1) is 0 Å². The highest BCUT2D eigenvalue weighted by Crippen LogP contribution is 2.24. The molecule has 0 atom stereocenters. The van der Waals surface area contributed by atoms with Gasteiger partial charge in [0.25, 0.3) is 0 Å². The van der Waals surface area contributed by atoms with Crippen LogP contribution in [0.15, 0.2) is 12.1 Å². The molecule has 0 aliphatic rings. The van der Waals surface area contributed by atoms with Gasteiger partial charge >= 0.3 is 0 Å². The predicted molar refractivity (Wildman–Crippen MR) is 62.3 cm³/mol. The van der Waals surface area contributed by atoms with Gasteiger partial charge in [-0.25, -0.2) is 0 Å². The number of rotatable bonds is 4. The number of ether oxygens (including phenoxy) is 1. The van der Waals surface area contributed by atoms with E-state index >= 15 is 0 Å². The summed E-state index contributed by atoms with van der Waals surface area (Å²) in [4.78, 5) is 6.73. The van der Waals surface area contributed by atoms with Crippen molar-refractivity contribution in [3.05, 3.63) is 23.5 Å². The van der Waals surface area contributed by atoms with E-state index in [1.165, 1.54) is 0 Å². The van der Waals surface area contributed by atoms with Crippen LogP contribution < -0.4 is 4.74 Å². The normalized spacial score (nSPS) is 11.1. The van der Waals surface area contributed by atoms with Crippen molar-refractivity contribution >= 4 is 0 Å². The second kappa shape index (κ2) is 5.12. The summed E-state index contributed by atoms with van der Waals surface area (Å²) in [6, 6.07) is 4.02. The van der Waals surface area contributed by atoms with E-state index in [1.807, 2.05) is 26.2 Å². The molecule has 0 amide bonds. The third-order valence-electron chi connectivity index (χ3n) is 2.19. The van der Waals surface area contributed by atoms with Gasteiger partial charge in [0.15, 0.2) is 0 Å². The average Bonchev–Trinajstić information content (AvgIpc) is 2.16. The number of hydrogen-bond acceptors (Lipinski definition) is 3. The molecular weight excluding hydrogens is 188 g/mol. The van der Waals surface area contributed by atoms with Crippen molar-refractivity contribution in [3.63, 3.8) is 0 Å². The topological polar surface area (TPSA) is 25.4 Å². The lowest BCUT2D eigenvalue weighted by atomic mass is 10.1. The van der Waals surface area contributed by atoms with Crippen molar-refractivity contribution in [2.45, 2.75) is 26.3 Å². The van der Waals surface area contributed by atoms with Crippen LogP contribution in [0.2, 0.25) is 0 Å². The average molecular weight is 208 g/mol. The minimum Gasteiger partial charge on any atom is -0.495 e. The molecule has 1 heterocycles. The fraction of sp³-hybridized carbons (Fsp3) is 0.583. The zero-order valence-corrected chi connectivity index (χ0v) is 10.2. The summed E-state index contributed by atoms with van der Waals surface area (Å²) in [5.41, 5.74) is 2.13. The molecule has 0 unspecified atom stereocenters. The molecule has 1 aromatic heterocycles. The van der Waals surface area contributed by atoms with E-state index in [9.17, 15) is 0 Å². The van der Waals surface area contributed by atoms with Gasteiger partial charge in [0.2, 0.25) is 0 Å². The SMILES string of the molecule is COc1ccc(CN(C)C)nc1C(C)C. The van der Waals surface area contributed by atoms with E-state index in [0.717, 1.165) is 23.7 Å². The van der Waals surface area contributed by atoms with E-state index in [-0.39, 0.29) is 0 Å². The Morgan fingerprint density at radius 1 is 1.33 bits per heavy atom. The number of methoxy groups -OCH3 is 1. The summed E-state index contributed by atoms with van der Waals surface area (Å²) < 4.78 is 5.29. The Kier molecular flexibility index (Phi) is 4.09. The number of pyridine rings is 1. The van der Waals surface area contributed by atoms with Crippen LogP contribution in [0.5, 0.6) is 5.75 Å². The molecule has 0 radical (unpaired) electrons. The molecule has 0 bridgehead atoms. The highest BCUT2D eigenvalue weighted by molar-refractivity contribution is 5.31. The fourth-order valence-corrected chi connectivity index (χ4v) is 1.50. The van der Waals surface area contributed by atoms with Gasteiger partial charge in [-0.2, -0.15) is 0 Å². The quantitative estimate of drug-likeness (QED) is 0.759. The summed E-state index contributed by atoms with van der Waals surface area (Å²) in [7, 11) is 5.77. The zero-order chi connectivity index (χ0) is 11.4. The Bertz CT molecular complexity index is 321. The summed E-state index contributed by atoms with van der Waals surface area (Å²) in [6.45, 7) is 5.12. The van der Waals surface area contributed by atoms with Gasteiger partial charge in [0.05, 0.1) is 18.5 Å². The van der Waals surface area contributed by atoms with Gasteiger partial charge in [-0.15, -0.1) is 0 Å². The van der Waals surface area contributed by atoms with Gasteiger partial charge in [0, 0.05) is 6.54 Å². The van der Waals surface area contributed by atoms with Gasteiger partial charge in [-0.1, -0.05) is 13.8 Å². The minimum atomic E-state index is 0.391. The first-order valence-corrected chi connectivity index (χ1v) is 5.23. The second-order valence-electron chi connectivity index (χ2n) is 4.28. The predicted octanol–water partition coefficient (Wildman–Crippen LogP) is 2.28. The van der Waals surface area contributed by atoms with Crippen molar-refractivity contribution in [3.8, 4) is 5.75 Å². The van der Waals surface area contributed by atoms with Gasteiger partial charge in [-0.05, 0) is 32.1 Å². The monoisotopic (exact) mass is 208 g/mol. The third kappa shape index (κ3) is 3.20. The Morgan fingerprint density at radius 3 is 2.47 bits per heavy atom. The van der Waals surface area contributed by atoms with Crippen molar-refractivity contribution in [1.82, 2.24) is 9.88 Å². The summed E-state index contributed by atoms with van der Waals surface area (Å²) >= 11 is 0. The van der Waals surface area contributed by atoms with Crippen molar-refractivity contribution in [2.24, 2.45) is 0 Å². The lowest BCUT2D eigenvalue weighted by molar-refractivity contribution is 0.387. The lowest BCUT2D eigenvalue weighted by Crippen LogP contribution is -2.13. The van der Waals surface area contributed by atoms with E-state index in [2.05, 4.69) is 23.7 Å². The van der Waals surface area contributed by atoms with Gasteiger partial charge < -0.3 is 9.64 Å². The molecule has 1 aromatic rings. The number of aromatic nitrogens is 1. The van der Waals surface area contributed by atoms with Crippen LogP contribution in [0.25, 0.3) is 0 Å². The highest BCUT2D eigenvalue weighted by Gasteiger charge is 2.10. The molecule has 0 saturated carbocycles. The van der Waals surface area contributed by atoms with Crippen molar-refractivity contribution in [1.29, 1.82) is 0 Å². The molecular formula is C12H20N2O. The van der Waals surface area contributed by atoms with Crippen molar-refractivity contribution < 1.29 is 4.74 Å². The molecule has 0 saturated heterocycles. The molecule has 1 rings (SSSR count). The van der Waals surface area contributed by atoms with E-state index < -0.39 is 0 Å². The fourth-order valence-electron chi connectivity index (χ4n) is 1.50. The Morgan fingerprint density at radius 2 is 2.00 bits per heavy atom. The molecule has 0 N–H and O–H groups in total. The highest BCUT2D eigenvalue weighted by atomic mass is 16.5. The molecule has 3 nitrogen and oxygen atoms in total. The molecule has 3 heteroatoms. The smallest absolute Gasteiger partial charge is 0.140 e. The third-order valence-corrected chi connectivity index (χ3v) is 2.19. The maximum atomic E-state index is 5.29. The molecule has 84 valence electrons. The Balaban J connectivity index is 2.99. The summed E-state index contributed by atoms with van der Waals surface area (Å²) in [5.74, 6) is 1.27. The maximum Gasteiger partial charge on any atom is 0.140 e. The van der Waals surface area contributed by atoms with Crippen molar-refractivity contribution in [2.75, 3.05) is 21.2 Å². The summed E-state index contributed by atoms with van der Waals surface area (Å²) in [6.07, 6.45) is 0. The van der Waals surface area contributed by atoms with E-state index in [0.29, 0.717) is 5.92 Å². The Hall–Kier alpha value is -1.09. The summed E-state index contributed by atoms with van der Waals surface area (Å²) in [5, 5.41) is 0. The first kappa shape index (κ1) is 12.0. The molecule has 0 aliphatic carbocycles. The van der Waals surface area contributed by atoms with Gasteiger partial charge in [0.1, 0.15) is 5.75 Å². The molecule has 15 heavy (non-hydrogen) atoms. The number of nitrogens with zero attached hydrogens (tertiary/aromatic N) is 2. The van der Waals surface area contributed by atoms with Crippen LogP contribution >= 0.6 is 0 Å². The first-order chi connectivity index (χ1) is 7.04. The lowest BCUT2D eigenvalue weighted by Gasteiger charge is -2.14. The van der Waals surface area contributed by atoms with Crippen LogP contribution in [-0.4, -0.2) is 31.1 Å². The van der Waals surface area contributed by atoms with Crippen LogP contribution in [0.3, 0.4) is 0 Å². The standard InChI is InChI=1S/C12H20N2O/c1-9(2)12-11(15-5)7-6-10(13-12)8-14(3)4/h6-7,9H,8H2,1-5H3. The Labute approximate surface area is 92.1 Å². The first-order valence-electron chi connectivity index (χ1n) is 5.23. The zero-order valence-electron chi connectivity index (χ0n) is 10.2.